The summed E-state index contributed by atoms with van der Waals surface area (Å²) in [5, 5.41) is -3.53. The van der Waals surface area contributed by atoms with Gasteiger partial charge in [0.25, 0.3) is 0 Å². The quantitative estimate of drug-likeness (QED) is 0.475. The molecule has 2 atom stereocenters. The van der Waals surface area contributed by atoms with E-state index >= 15 is 0 Å². The summed E-state index contributed by atoms with van der Waals surface area (Å²) in [7, 11) is 0. The minimum atomic E-state index is -3.53. The van der Waals surface area contributed by atoms with E-state index < -0.39 is 23.6 Å². The van der Waals surface area contributed by atoms with Gasteiger partial charge in [0.15, 0.2) is 12.2 Å². The third-order valence-electron chi connectivity index (χ3n) is 2.27. The van der Waals surface area contributed by atoms with Gasteiger partial charge in [-0.25, -0.2) is 4.79 Å². The zero-order valence-electron chi connectivity index (χ0n) is 8.61. The van der Waals surface area contributed by atoms with Crippen LogP contribution in [0.25, 0.3) is 0 Å². The van der Waals surface area contributed by atoms with E-state index in [1.807, 2.05) is 6.07 Å². The zero-order chi connectivity index (χ0) is 12.5. The molecule has 0 saturated carbocycles. The molecule has 1 aliphatic heterocycles. The lowest BCUT2D eigenvalue weighted by Crippen LogP contribution is -2.23. The third kappa shape index (κ3) is 3.14. The molecule has 0 radical (unpaired) electrons. The van der Waals surface area contributed by atoms with Crippen molar-refractivity contribution in [2.45, 2.75) is 24.2 Å². The standard InChI is InChI=1S/C11H9ClF2O3/c12-11(13,14)9-8(17-9)10(15)16-6-7-4-2-1-3-5-7/h1-5,8-9H,6H2. The van der Waals surface area contributed by atoms with Gasteiger partial charge in [0.05, 0.1) is 0 Å². The van der Waals surface area contributed by atoms with Crippen molar-refractivity contribution in [1.29, 1.82) is 0 Å². The van der Waals surface area contributed by atoms with Crippen molar-refractivity contribution >= 4 is 17.6 Å². The zero-order valence-corrected chi connectivity index (χ0v) is 9.36. The largest absolute Gasteiger partial charge is 0.459 e. The van der Waals surface area contributed by atoms with Crippen LogP contribution in [0.5, 0.6) is 0 Å². The van der Waals surface area contributed by atoms with Gasteiger partial charge in [-0.15, -0.1) is 0 Å². The second-order valence-corrected chi connectivity index (χ2v) is 4.12. The highest BCUT2D eigenvalue weighted by atomic mass is 35.5. The van der Waals surface area contributed by atoms with Crippen LogP contribution in [0.15, 0.2) is 30.3 Å². The van der Waals surface area contributed by atoms with Crippen LogP contribution in [0.3, 0.4) is 0 Å². The van der Waals surface area contributed by atoms with Crippen molar-refractivity contribution in [3.05, 3.63) is 35.9 Å². The van der Waals surface area contributed by atoms with E-state index in [0.29, 0.717) is 0 Å². The van der Waals surface area contributed by atoms with Gasteiger partial charge >= 0.3 is 11.4 Å². The second-order valence-electron chi connectivity index (χ2n) is 3.61. The van der Waals surface area contributed by atoms with E-state index in [0.717, 1.165) is 5.56 Å². The van der Waals surface area contributed by atoms with E-state index in [1.165, 1.54) is 0 Å². The SMILES string of the molecule is O=C(OCc1ccccc1)C1OC1C(F)(F)Cl. The lowest BCUT2D eigenvalue weighted by molar-refractivity contribution is -0.146. The number of benzene rings is 1. The molecule has 0 amide bonds. The predicted octanol–water partition coefficient (Wildman–Crippen LogP) is 2.33. The molecule has 2 rings (SSSR count). The summed E-state index contributed by atoms with van der Waals surface area (Å²) in [6.45, 7) is 0.0279. The molecule has 1 aliphatic rings. The fraction of sp³-hybridized carbons (Fsp3) is 0.364. The molecule has 1 heterocycles. The van der Waals surface area contributed by atoms with Crippen LogP contribution in [0.4, 0.5) is 8.78 Å². The number of rotatable bonds is 4. The van der Waals surface area contributed by atoms with Gasteiger partial charge < -0.3 is 9.47 Å². The summed E-state index contributed by atoms with van der Waals surface area (Å²) >= 11 is 4.72. The van der Waals surface area contributed by atoms with Gasteiger partial charge in [-0.05, 0) is 17.2 Å². The average Bonchev–Trinajstić information content (AvgIpc) is 3.06. The lowest BCUT2D eigenvalue weighted by Gasteiger charge is -2.04. The Hall–Kier alpha value is -1.20. The summed E-state index contributed by atoms with van der Waals surface area (Å²) in [5.41, 5.74) is 0.774. The molecule has 0 spiro atoms. The van der Waals surface area contributed by atoms with Crippen LogP contribution >= 0.6 is 11.6 Å². The summed E-state index contributed by atoms with van der Waals surface area (Å²) in [6.07, 6.45) is -2.83. The van der Waals surface area contributed by atoms with Crippen molar-refractivity contribution in [2.24, 2.45) is 0 Å². The van der Waals surface area contributed by atoms with Crippen molar-refractivity contribution < 1.29 is 23.0 Å². The monoisotopic (exact) mass is 262 g/mol. The number of hydrogen-bond donors (Lipinski definition) is 0. The Morgan fingerprint density at radius 2 is 2.06 bits per heavy atom. The highest BCUT2D eigenvalue weighted by molar-refractivity contribution is 6.22. The Kier molecular flexibility index (Phi) is 3.31. The Morgan fingerprint density at radius 1 is 1.41 bits per heavy atom. The van der Waals surface area contributed by atoms with Crippen molar-refractivity contribution in [3.8, 4) is 0 Å². The number of carbonyl (C=O) groups excluding carboxylic acids is 1. The number of esters is 1. The molecule has 0 aromatic heterocycles. The highest BCUT2D eigenvalue weighted by Gasteiger charge is 2.60. The fourth-order valence-electron chi connectivity index (χ4n) is 1.35. The molecular weight excluding hydrogens is 254 g/mol. The second kappa shape index (κ2) is 4.58. The number of hydrogen-bond acceptors (Lipinski definition) is 3. The Balaban J connectivity index is 1.80. The molecule has 3 nitrogen and oxygen atoms in total. The first kappa shape index (κ1) is 12.3. The average molecular weight is 263 g/mol. The van der Waals surface area contributed by atoms with Gasteiger partial charge in [-0.1, -0.05) is 30.3 Å². The molecule has 2 unspecified atom stereocenters. The number of carbonyl (C=O) groups is 1. The van der Waals surface area contributed by atoms with E-state index in [2.05, 4.69) is 4.74 Å². The molecule has 6 heteroatoms. The number of epoxide rings is 1. The van der Waals surface area contributed by atoms with Crippen molar-refractivity contribution in [1.82, 2.24) is 0 Å². The topological polar surface area (TPSA) is 38.8 Å². The molecule has 1 fully saturated rings. The Bertz CT molecular complexity index is 405. The maximum Gasteiger partial charge on any atom is 0.350 e. The number of ether oxygens (including phenoxy) is 2. The Labute approximate surface area is 101 Å². The minimum absolute atomic E-state index is 0.0279. The first-order chi connectivity index (χ1) is 7.98. The van der Waals surface area contributed by atoms with Gasteiger partial charge in [-0.2, -0.15) is 8.78 Å². The van der Waals surface area contributed by atoms with Gasteiger partial charge in [-0.3, -0.25) is 0 Å². The van der Waals surface area contributed by atoms with E-state index in [-0.39, 0.29) is 6.61 Å². The van der Waals surface area contributed by atoms with Gasteiger partial charge in [0, 0.05) is 0 Å². The molecule has 0 bridgehead atoms. The van der Waals surface area contributed by atoms with E-state index in [9.17, 15) is 13.6 Å². The molecule has 1 aromatic rings. The maximum absolute atomic E-state index is 12.5. The Morgan fingerprint density at radius 3 is 2.59 bits per heavy atom. The number of alkyl halides is 3. The fourth-order valence-corrected chi connectivity index (χ4v) is 1.52. The summed E-state index contributed by atoms with van der Waals surface area (Å²) in [5.74, 6) is -0.820. The lowest BCUT2D eigenvalue weighted by atomic mass is 10.2. The smallest absolute Gasteiger partial charge is 0.350 e. The maximum atomic E-state index is 12.5. The number of halogens is 3. The normalized spacial score (nSPS) is 23.2. The molecular formula is C11H9ClF2O3. The molecule has 1 saturated heterocycles. The van der Waals surface area contributed by atoms with Gasteiger partial charge in [0.2, 0.25) is 0 Å². The summed E-state index contributed by atoms with van der Waals surface area (Å²) < 4.78 is 34.3. The van der Waals surface area contributed by atoms with Crippen LogP contribution < -0.4 is 0 Å². The third-order valence-corrected chi connectivity index (χ3v) is 2.49. The van der Waals surface area contributed by atoms with Crippen LogP contribution in [0.1, 0.15) is 5.56 Å². The highest BCUT2D eigenvalue weighted by Crippen LogP contribution is 2.40. The molecule has 0 aliphatic carbocycles. The van der Waals surface area contributed by atoms with E-state index in [1.54, 1.807) is 24.3 Å². The van der Waals surface area contributed by atoms with Crippen LogP contribution in [0, 0.1) is 0 Å². The van der Waals surface area contributed by atoms with Crippen molar-refractivity contribution in [3.63, 3.8) is 0 Å². The van der Waals surface area contributed by atoms with Gasteiger partial charge in [0.1, 0.15) is 6.61 Å². The van der Waals surface area contributed by atoms with E-state index in [4.69, 9.17) is 16.3 Å². The van der Waals surface area contributed by atoms with Crippen LogP contribution in [0.2, 0.25) is 0 Å². The first-order valence-electron chi connectivity index (χ1n) is 4.91. The molecule has 0 N–H and O–H groups in total. The first-order valence-corrected chi connectivity index (χ1v) is 5.29. The predicted molar refractivity (Wildman–Crippen MR) is 55.7 cm³/mol. The van der Waals surface area contributed by atoms with Crippen molar-refractivity contribution in [2.75, 3.05) is 0 Å². The molecule has 92 valence electrons. The molecule has 17 heavy (non-hydrogen) atoms. The molecule has 1 aromatic carbocycles. The van der Waals surface area contributed by atoms with Crippen LogP contribution in [-0.4, -0.2) is 23.6 Å². The van der Waals surface area contributed by atoms with Crippen LogP contribution in [-0.2, 0) is 20.9 Å². The minimum Gasteiger partial charge on any atom is -0.459 e. The summed E-state index contributed by atoms with van der Waals surface area (Å²) in [6, 6.07) is 8.90. The summed E-state index contributed by atoms with van der Waals surface area (Å²) in [4.78, 5) is 11.3.